The Balaban J connectivity index is 2.41. The van der Waals surface area contributed by atoms with Crippen LogP contribution in [0.3, 0.4) is 0 Å². The molecule has 0 amide bonds. The minimum absolute atomic E-state index is 0.681. The smallest absolute Gasteiger partial charge is 0.150 e. The Morgan fingerprint density at radius 3 is 2.27 bits per heavy atom. The van der Waals surface area contributed by atoms with Gasteiger partial charge in [-0.2, -0.15) is 0 Å². The molecule has 0 atom stereocenters. The fourth-order valence-electron chi connectivity index (χ4n) is 1.42. The van der Waals surface area contributed by atoms with Gasteiger partial charge in [0.25, 0.3) is 0 Å². The van der Waals surface area contributed by atoms with Gasteiger partial charge in [0.1, 0.15) is 6.29 Å². The average molecular weight is 217 g/mol. The topological polar surface area (TPSA) is 17.1 Å². The molecular weight excluding hydrogens is 208 g/mol. The monoisotopic (exact) mass is 216 g/mol. The zero-order valence-electron chi connectivity index (χ0n) is 7.98. The summed E-state index contributed by atoms with van der Waals surface area (Å²) < 4.78 is 0. The highest BCUT2D eigenvalue weighted by atomic mass is 35.5. The maximum absolute atomic E-state index is 10.5. The first-order valence-electron chi connectivity index (χ1n) is 4.61. The number of carbonyl (C=O) groups excluding carboxylic acids is 1. The molecule has 0 aromatic heterocycles. The van der Waals surface area contributed by atoms with Crippen molar-refractivity contribution in [3.05, 3.63) is 59.1 Å². The molecule has 0 aliphatic heterocycles. The van der Waals surface area contributed by atoms with Crippen LogP contribution in [0.4, 0.5) is 0 Å². The lowest BCUT2D eigenvalue weighted by atomic mass is 10.0. The van der Waals surface area contributed by atoms with E-state index in [-0.39, 0.29) is 0 Å². The molecule has 0 aliphatic rings. The van der Waals surface area contributed by atoms with E-state index in [0.29, 0.717) is 10.6 Å². The third-order valence-corrected chi connectivity index (χ3v) is 2.44. The number of rotatable bonds is 2. The normalized spacial score (nSPS) is 9.93. The lowest BCUT2D eigenvalue weighted by Gasteiger charge is -2.01. The molecule has 0 fully saturated rings. The number of carbonyl (C=O) groups is 1. The quantitative estimate of drug-likeness (QED) is 0.698. The Labute approximate surface area is 93.3 Å². The van der Waals surface area contributed by atoms with E-state index in [1.165, 1.54) is 0 Å². The summed E-state index contributed by atoms with van der Waals surface area (Å²) in [5.74, 6) is 0. The van der Waals surface area contributed by atoms with E-state index in [1.807, 2.05) is 36.4 Å². The zero-order chi connectivity index (χ0) is 10.7. The van der Waals surface area contributed by atoms with E-state index in [0.717, 1.165) is 17.4 Å². The Morgan fingerprint density at radius 1 is 0.933 bits per heavy atom. The third kappa shape index (κ3) is 2.25. The Morgan fingerprint density at radius 2 is 1.67 bits per heavy atom. The molecule has 2 aromatic rings. The standard InChI is InChI=1S/C13H9ClO/c14-13-3-1-2-12(8-13)11-6-4-10(9-15)5-7-11/h1-9H. The second kappa shape index (κ2) is 4.28. The van der Waals surface area contributed by atoms with Crippen LogP contribution in [0.1, 0.15) is 10.4 Å². The number of aldehydes is 1. The fourth-order valence-corrected chi connectivity index (χ4v) is 1.61. The van der Waals surface area contributed by atoms with Crippen LogP contribution in [-0.4, -0.2) is 6.29 Å². The van der Waals surface area contributed by atoms with Crippen LogP contribution in [0.15, 0.2) is 48.5 Å². The molecule has 15 heavy (non-hydrogen) atoms. The molecule has 0 aliphatic carbocycles. The van der Waals surface area contributed by atoms with E-state index in [1.54, 1.807) is 12.1 Å². The van der Waals surface area contributed by atoms with Crippen molar-refractivity contribution in [2.24, 2.45) is 0 Å². The number of hydrogen-bond donors (Lipinski definition) is 0. The lowest BCUT2D eigenvalue weighted by molar-refractivity contribution is 0.112. The molecule has 0 unspecified atom stereocenters. The number of benzene rings is 2. The van der Waals surface area contributed by atoms with Crippen molar-refractivity contribution in [3.63, 3.8) is 0 Å². The van der Waals surface area contributed by atoms with Gasteiger partial charge in [-0.1, -0.05) is 48.0 Å². The second-order valence-electron chi connectivity index (χ2n) is 3.25. The largest absolute Gasteiger partial charge is 0.298 e. The molecule has 74 valence electrons. The molecule has 0 saturated carbocycles. The van der Waals surface area contributed by atoms with Crippen molar-refractivity contribution in [3.8, 4) is 11.1 Å². The van der Waals surface area contributed by atoms with Gasteiger partial charge in [-0.05, 0) is 23.3 Å². The highest BCUT2D eigenvalue weighted by molar-refractivity contribution is 6.30. The van der Waals surface area contributed by atoms with Crippen LogP contribution in [0.2, 0.25) is 5.02 Å². The first-order valence-corrected chi connectivity index (χ1v) is 4.98. The Kier molecular flexibility index (Phi) is 2.84. The molecule has 0 spiro atoms. The summed E-state index contributed by atoms with van der Waals surface area (Å²) >= 11 is 5.90. The minimum Gasteiger partial charge on any atom is -0.298 e. The molecule has 2 aromatic carbocycles. The number of halogens is 1. The molecule has 2 rings (SSSR count). The highest BCUT2D eigenvalue weighted by Gasteiger charge is 1.98. The van der Waals surface area contributed by atoms with E-state index < -0.39 is 0 Å². The summed E-state index contributed by atoms with van der Waals surface area (Å²) in [7, 11) is 0. The van der Waals surface area contributed by atoms with Crippen molar-refractivity contribution in [1.82, 2.24) is 0 Å². The Hall–Kier alpha value is -1.60. The van der Waals surface area contributed by atoms with Gasteiger partial charge in [-0.15, -0.1) is 0 Å². The molecule has 0 saturated heterocycles. The first-order chi connectivity index (χ1) is 7.29. The first kappa shape index (κ1) is 9.94. The number of hydrogen-bond acceptors (Lipinski definition) is 1. The van der Waals surface area contributed by atoms with E-state index in [2.05, 4.69) is 0 Å². The fraction of sp³-hybridized carbons (Fsp3) is 0. The third-order valence-electron chi connectivity index (χ3n) is 2.20. The van der Waals surface area contributed by atoms with Crippen LogP contribution in [0.25, 0.3) is 11.1 Å². The summed E-state index contributed by atoms with van der Waals surface area (Å²) in [5.41, 5.74) is 2.80. The summed E-state index contributed by atoms with van der Waals surface area (Å²) in [4.78, 5) is 10.5. The van der Waals surface area contributed by atoms with Crippen molar-refractivity contribution in [2.75, 3.05) is 0 Å². The predicted molar refractivity (Wildman–Crippen MR) is 62.3 cm³/mol. The van der Waals surface area contributed by atoms with Crippen LogP contribution < -0.4 is 0 Å². The van der Waals surface area contributed by atoms with Gasteiger partial charge in [-0.25, -0.2) is 0 Å². The van der Waals surface area contributed by atoms with Gasteiger partial charge >= 0.3 is 0 Å². The highest BCUT2D eigenvalue weighted by Crippen LogP contribution is 2.22. The summed E-state index contributed by atoms with van der Waals surface area (Å²) in [6, 6.07) is 15.0. The van der Waals surface area contributed by atoms with Gasteiger partial charge in [0.15, 0.2) is 0 Å². The van der Waals surface area contributed by atoms with Crippen LogP contribution in [-0.2, 0) is 0 Å². The summed E-state index contributed by atoms with van der Waals surface area (Å²) in [6.45, 7) is 0. The van der Waals surface area contributed by atoms with E-state index >= 15 is 0 Å². The molecule has 0 heterocycles. The lowest BCUT2D eigenvalue weighted by Crippen LogP contribution is -1.81. The molecule has 0 radical (unpaired) electrons. The van der Waals surface area contributed by atoms with Crippen LogP contribution in [0.5, 0.6) is 0 Å². The van der Waals surface area contributed by atoms with Gasteiger partial charge in [0.2, 0.25) is 0 Å². The van der Waals surface area contributed by atoms with Gasteiger partial charge < -0.3 is 0 Å². The van der Waals surface area contributed by atoms with E-state index in [9.17, 15) is 4.79 Å². The van der Waals surface area contributed by atoms with Crippen molar-refractivity contribution in [1.29, 1.82) is 0 Å². The predicted octanol–water partition coefficient (Wildman–Crippen LogP) is 3.82. The van der Waals surface area contributed by atoms with E-state index in [4.69, 9.17) is 11.6 Å². The average Bonchev–Trinajstić information content (AvgIpc) is 2.29. The van der Waals surface area contributed by atoms with Crippen molar-refractivity contribution < 1.29 is 4.79 Å². The maximum atomic E-state index is 10.5. The van der Waals surface area contributed by atoms with Gasteiger partial charge in [0.05, 0.1) is 0 Å². The SMILES string of the molecule is O=Cc1ccc(-c2cccc(Cl)c2)cc1. The van der Waals surface area contributed by atoms with Crippen molar-refractivity contribution >= 4 is 17.9 Å². The van der Waals surface area contributed by atoms with Crippen molar-refractivity contribution in [2.45, 2.75) is 0 Å². The van der Waals surface area contributed by atoms with Gasteiger partial charge in [-0.3, -0.25) is 4.79 Å². The maximum Gasteiger partial charge on any atom is 0.150 e. The van der Waals surface area contributed by atoms with Crippen LogP contribution >= 0.6 is 11.6 Å². The second-order valence-corrected chi connectivity index (χ2v) is 3.69. The van der Waals surface area contributed by atoms with Gasteiger partial charge in [0, 0.05) is 10.6 Å². The molecule has 2 heteroatoms. The zero-order valence-corrected chi connectivity index (χ0v) is 8.74. The molecule has 0 N–H and O–H groups in total. The summed E-state index contributed by atoms with van der Waals surface area (Å²) in [6.07, 6.45) is 0.835. The summed E-state index contributed by atoms with van der Waals surface area (Å²) in [5, 5.41) is 0.715. The minimum atomic E-state index is 0.681. The molecular formula is C13H9ClO. The Bertz CT molecular complexity index is 474. The molecule has 1 nitrogen and oxygen atoms in total. The molecule has 0 bridgehead atoms. The van der Waals surface area contributed by atoms with Crippen LogP contribution in [0, 0.1) is 0 Å².